The number of carbonyl (C=O) groups excluding carboxylic acids is 1. The molecule has 2 amide bonds. The van der Waals surface area contributed by atoms with Crippen LogP contribution in [0.15, 0.2) is 0 Å². The molecule has 1 saturated heterocycles. The third-order valence-corrected chi connectivity index (χ3v) is 4.45. The number of amides is 2. The summed E-state index contributed by atoms with van der Waals surface area (Å²) in [6, 6.07) is 0.546. The number of nitrogens with one attached hydrogen (secondary N) is 1. The van der Waals surface area contributed by atoms with Crippen LogP contribution >= 0.6 is 0 Å². The number of nitrogens with zero attached hydrogens (tertiary/aromatic N) is 1. The molecule has 2 rings (SSSR count). The van der Waals surface area contributed by atoms with E-state index in [2.05, 4.69) is 19.2 Å². The molecule has 98 valence electrons. The summed E-state index contributed by atoms with van der Waals surface area (Å²) >= 11 is 0. The first-order valence-corrected chi connectivity index (χ1v) is 7.15. The molecule has 2 aliphatic rings. The molecule has 1 atom stereocenters. The molecule has 0 spiro atoms. The van der Waals surface area contributed by atoms with Gasteiger partial charge < -0.3 is 10.2 Å². The maximum Gasteiger partial charge on any atom is 0.317 e. The van der Waals surface area contributed by atoms with Crippen LogP contribution in [0.4, 0.5) is 4.79 Å². The van der Waals surface area contributed by atoms with E-state index in [-0.39, 0.29) is 11.4 Å². The lowest BCUT2D eigenvalue weighted by atomic mass is 9.87. The van der Waals surface area contributed by atoms with Crippen molar-refractivity contribution in [3.05, 3.63) is 0 Å². The molecule has 3 nitrogen and oxygen atoms in total. The predicted molar refractivity (Wildman–Crippen MR) is 70.0 cm³/mol. The van der Waals surface area contributed by atoms with Crippen molar-refractivity contribution < 1.29 is 4.79 Å². The van der Waals surface area contributed by atoms with Crippen LogP contribution in [-0.2, 0) is 0 Å². The van der Waals surface area contributed by atoms with Crippen LogP contribution in [0.25, 0.3) is 0 Å². The topological polar surface area (TPSA) is 32.3 Å². The second kappa shape index (κ2) is 5.28. The van der Waals surface area contributed by atoms with Crippen molar-refractivity contribution in [2.75, 3.05) is 13.1 Å². The van der Waals surface area contributed by atoms with Crippen LogP contribution < -0.4 is 5.32 Å². The first-order chi connectivity index (χ1) is 8.09. The van der Waals surface area contributed by atoms with E-state index in [0.29, 0.717) is 6.04 Å². The van der Waals surface area contributed by atoms with Crippen molar-refractivity contribution in [2.45, 2.75) is 64.8 Å². The second-order valence-corrected chi connectivity index (χ2v) is 6.28. The van der Waals surface area contributed by atoms with Gasteiger partial charge in [0.25, 0.3) is 0 Å². The summed E-state index contributed by atoms with van der Waals surface area (Å²) < 4.78 is 0. The highest BCUT2D eigenvalue weighted by atomic mass is 16.2. The van der Waals surface area contributed by atoms with Crippen molar-refractivity contribution in [3.63, 3.8) is 0 Å². The van der Waals surface area contributed by atoms with E-state index in [0.717, 1.165) is 19.5 Å². The minimum atomic E-state index is 0.173. The van der Waals surface area contributed by atoms with Crippen LogP contribution in [-0.4, -0.2) is 30.1 Å². The van der Waals surface area contributed by atoms with E-state index < -0.39 is 0 Å². The Bertz CT molecular complexity index is 267. The van der Waals surface area contributed by atoms with Gasteiger partial charge in [0.15, 0.2) is 0 Å². The molecule has 1 aliphatic heterocycles. The van der Waals surface area contributed by atoms with Gasteiger partial charge in [0.2, 0.25) is 0 Å². The average Bonchev–Trinajstić information content (AvgIpc) is 2.54. The van der Waals surface area contributed by atoms with Gasteiger partial charge in [-0.15, -0.1) is 0 Å². The van der Waals surface area contributed by atoms with Gasteiger partial charge in [-0.1, -0.05) is 33.1 Å². The smallest absolute Gasteiger partial charge is 0.317 e. The van der Waals surface area contributed by atoms with Crippen molar-refractivity contribution in [1.82, 2.24) is 10.2 Å². The van der Waals surface area contributed by atoms with E-state index in [9.17, 15) is 4.79 Å². The number of carbonyl (C=O) groups is 1. The van der Waals surface area contributed by atoms with E-state index in [1.165, 1.54) is 38.5 Å². The van der Waals surface area contributed by atoms with E-state index in [4.69, 9.17) is 0 Å². The average molecular weight is 238 g/mol. The van der Waals surface area contributed by atoms with Crippen LogP contribution in [0, 0.1) is 5.41 Å². The SMILES string of the molecule is CC1(C)CCCC1NC(=O)N1CCCCCC1. The third kappa shape index (κ3) is 3.14. The Kier molecular flexibility index (Phi) is 3.95. The minimum absolute atomic E-state index is 0.173. The van der Waals surface area contributed by atoms with E-state index in [1.54, 1.807) is 0 Å². The molecule has 1 heterocycles. The highest BCUT2D eigenvalue weighted by molar-refractivity contribution is 5.74. The van der Waals surface area contributed by atoms with Crippen LogP contribution in [0.1, 0.15) is 58.8 Å². The van der Waals surface area contributed by atoms with Gasteiger partial charge in [-0.3, -0.25) is 0 Å². The zero-order valence-corrected chi connectivity index (χ0v) is 11.3. The fourth-order valence-electron chi connectivity index (χ4n) is 3.11. The monoisotopic (exact) mass is 238 g/mol. The summed E-state index contributed by atoms with van der Waals surface area (Å²) in [6.45, 7) is 6.43. The summed E-state index contributed by atoms with van der Waals surface area (Å²) in [4.78, 5) is 14.2. The number of hydrogen-bond acceptors (Lipinski definition) is 1. The lowest BCUT2D eigenvalue weighted by molar-refractivity contribution is 0.184. The molecular weight excluding hydrogens is 212 g/mol. The second-order valence-electron chi connectivity index (χ2n) is 6.28. The van der Waals surface area contributed by atoms with Crippen molar-refractivity contribution in [3.8, 4) is 0 Å². The Morgan fingerprint density at radius 1 is 1.12 bits per heavy atom. The maximum absolute atomic E-state index is 12.2. The summed E-state index contributed by atoms with van der Waals surface area (Å²) in [7, 11) is 0. The summed E-state index contributed by atoms with van der Waals surface area (Å²) in [6.07, 6.45) is 8.52. The van der Waals surface area contributed by atoms with Gasteiger partial charge in [-0.05, 0) is 31.1 Å². The van der Waals surface area contributed by atoms with Crippen molar-refractivity contribution >= 4 is 6.03 Å². The van der Waals surface area contributed by atoms with Gasteiger partial charge >= 0.3 is 6.03 Å². The quantitative estimate of drug-likeness (QED) is 0.748. The first-order valence-electron chi connectivity index (χ1n) is 7.15. The standard InChI is InChI=1S/C14H26N2O/c1-14(2)9-7-8-12(14)15-13(17)16-10-5-3-4-6-11-16/h12H,3-11H2,1-2H3,(H,15,17). The molecule has 3 heteroatoms. The van der Waals surface area contributed by atoms with Gasteiger partial charge in [-0.25, -0.2) is 4.79 Å². The van der Waals surface area contributed by atoms with Crippen LogP contribution in [0.2, 0.25) is 0 Å². The predicted octanol–water partition coefficient (Wildman–Crippen LogP) is 3.15. The molecule has 0 bridgehead atoms. The Labute approximate surface area is 105 Å². The Hall–Kier alpha value is -0.730. The maximum atomic E-state index is 12.2. The molecule has 1 unspecified atom stereocenters. The third-order valence-electron chi connectivity index (χ3n) is 4.45. The number of likely N-dealkylation sites (tertiary alicyclic amines) is 1. The van der Waals surface area contributed by atoms with Gasteiger partial charge in [0.1, 0.15) is 0 Å². The van der Waals surface area contributed by atoms with Crippen LogP contribution in [0.3, 0.4) is 0 Å². The van der Waals surface area contributed by atoms with E-state index >= 15 is 0 Å². The lowest BCUT2D eigenvalue weighted by Crippen LogP contribution is -2.48. The molecule has 0 radical (unpaired) electrons. The Balaban J connectivity index is 1.87. The normalized spacial score (nSPS) is 28.8. The first kappa shape index (κ1) is 12.7. The summed E-state index contributed by atoms with van der Waals surface area (Å²) in [5.74, 6) is 0. The lowest BCUT2D eigenvalue weighted by Gasteiger charge is -2.30. The molecule has 1 saturated carbocycles. The van der Waals surface area contributed by atoms with Gasteiger partial charge in [0.05, 0.1) is 0 Å². The van der Waals surface area contributed by atoms with E-state index in [1.807, 2.05) is 4.90 Å². The highest BCUT2D eigenvalue weighted by Gasteiger charge is 2.36. The molecule has 2 fully saturated rings. The zero-order chi connectivity index (χ0) is 12.3. The Morgan fingerprint density at radius 3 is 2.29 bits per heavy atom. The zero-order valence-electron chi connectivity index (χ0n) is 11.3. The molecule has 1 N–H and O–H groups in total. The molecule has 0 aromatic rings. The highest BCUT2D eigenvalue weighted by Crippen LogP contribution is 2.37. The fourth-order valence-corrected chi connectivity index (χ4v) is 3.11. The molecule has 0 aromatic heterocycles. The Morgan fingerprint density at radius 2 is 1.76 bits per heavy atom. The summed E-state index contributed by atoms with van der Waals surface area (Å²) in [5, 5.41) is 3.25. The van der Waals surface area contributed by atoms with Gasteiger partial charge in [-0.2, -0.15) is 0 Å². The molecule has 1 aliphatic carbocycles. The van der Waals surface area contributed by atoms with Crippen LogP contribution in [0.5, 0.6) is 0 Å². The largest absolute Gasteiger partial charge is 0.335 e. The number of urea groups is 1. The molecular formula is C14H26N2O. The number of rotatable bonds is 1. The fraction of sp³-hybridized carbons (Fsp3) is 0.929. The van der Waals surface area contributed by atoms with Crippen molar-refractivity contribution in [1.29, 1.82) is 0 Å². The number of hydrogen-bond donors (Lipinski definition) is 1. The molecule has 0 aromatic carbocycles. The van der Waals surface area contributed by atoms with Crippen molar-refractivity contribution in [2.24, 2.45) is 5.41 Å². The van der Waals surface area contributed by atoms with Gasteiger partial charge in [0, 0.05) is 19.1 Å². The summed E-state index contributed by atoms with van der Waals surface area (Å²) in [5.41, 5.74) is 0.279. The molecule has 17 heavy (non-hydrogen) atoms. The minimum Gasteiger partial charge on any atom is -0.335 e.